The van der Waals surface area contributed by atoms with Crippen molar-refractivity contribution in [3.63, 3.8) is 0 Å². The van der Waals surface area contributed by atoms with Crippen LogP contribution in [0.3, 0.4) is 0 Å². The fourth-order valence-electron chi connectivity index (χ4n) is 2.00. The molecule has 1 aromatic carbocycles. The molecule has 0 amide bonds. The van der Waals surface area contributed by atoms with Crippen molar-refractivity contribution in [3.8, 4) is 0 Å². The van der Waals surface area contributed by atoms with Crippen molar-refractivity contribution in [1.29, 1.82) is 0 Å². The van der Waals surface area contributed by atoms with Crippen LogP contribution in [0.2, 0.25) is 0 Å². The number of hydrogen-bond donors (Lipinski definition) is 2. The summed E-state index contributed by atoms with van der Waals surface area (Å²) in [6, 6.07) is 3.38. The minimum atomic E-state index is -0.815. The molecule has 1 aromatic rings. The minimum absolute atomic E-state index is 0.301. The SMILES string of the molecule is CC(C)CC(CNC/C=C/c1ccc(F)cc1F)C(=O)O. The third-order valence-electron chi connectivity index (χ3n) is 3.02. The van der Waals surface area contributed by atoms with E-state index in [0.717, 1.165) is 6.07 Å². The first kappa shape index (κ1) is 17.3. The van der Waals surface area contributed by atoms with Gasteiger partial charge in [-0.3, -0.25) is 4.79 Å². The number of carbonyl (C=O) groups is 1. The summed E-state index contributed by atoms with van der Waals surface area (Å²) >= 11 is 0. The Morgan fingerprint density at radius 2 is 2.10 bits per heavy atom. The Morgan fingerprint density at radius 1 is 1.38 bits per heavy atom. The van der Waals surface area contributed by atoms with Gasteiger partial charge in [-0.15, -0.1) is 0 Å². The lowest BCUT2D eigenvalue weighted by molar-refractivity contribution is -0.142. The Kier molecular flexibility index (Phi) is 7.02. The predicted molar refractivity (Wildman–Crippen MR) is 78.8 cm³/mol. The molecular weight excluding hydrogens is 276 g/mol. The summed E-state index contributed by atoms with van der Waals surface area (Å²) in [5.74, 6) is -2.15. The minimum Gasteiger partial charge on any atom is -0.481 e. The second kappa shape index (κ2) is 8.52. The molecule has 0 aliphatic heterocycles. The summed E-state index contributed by atoms with van der Waals surface area (Å²) in [5.41, 5.74) is 0.301. The molecule has 0 bridgehead atoms. The number of nitrogens with one attached hydrogen (secondary N) is 1. The van der Waals surface area contributed by atoms with Gasteiger partial charge in [0, 0.05) is 24.7 Å². The van der Waals surface area contributed by atoms with Gasteiger partial charge < -0.3 is 10.4 Å². The van der Waals surface area contributed by atoms with Crippen molar-refractivity contribution in [1.82, 2.24) is 5.32 Å². The number of carboxylic acid groups (broad SMARTS) is 1. The van der Waals surface area contributed by atoms with Crippen LogP contribution >= 0.6 is 0 Å². The first-order valence-electron chi connectivity index (χ1n) is 6.95. The van der Waals surface area contributed by atoms with Crippen LogP contribution in [-0.4, -0.2) is 24.2 Å². The Bertz CT molecular complexity index is 501. The zero-order valence-electron chi connectivity index (χ0n) is 12.3. The maximum Gasteiger partial charge on any atom is 0.307 e. The highest BCUT2D eigenvalue weighted by molar-refractivity contribution is 5.70. The molecule has 116 valence electrons. The second-order valence-corrected chi connectivity index (χ2v) is 5.39. The Hall–Kier alpha value is -1.75. The molecule has 5 heteroatoms. The molecule has 21 heavy (non-hydrogen) atoms. The van der Waals surface area contributed by atoms with Gasteiger partial charge in [0.15, 0.2) is 0 Å². The van der Waals surface area contributed by atoms with E-state index < -0.39 is 23.5 Å². The van der Waals surface area contributed by atoms with Crippen LogP contribution in [0.4, 0.5) is 8.78 Å². The molecule has 3 nitrogen and oxygen atoms in total. The Balaban J connectivity index is 2.42. The number of benzene rings is 1. The highest BCUT2D eigenvalue weighted by Gasteiger charge is 2.17. The van der Waals surface area contributed by atoms with E-state index in [4.69, 9.17) is 5.11 Å². The molecule has 0 aliphatic carbocycles. The average molecular weight is 297 g/mol. The molecule has 0 radical (unpaired) electrons. The Morgan fingerprint density at radius 3 is 2.67 bits per heavy atom. The molecule has 2 N–H and O–H groups in total. The second-order valence-electron chi connectivity index (χ2n) is 5.39. The van der Waals surface area contributed by atoms with Gasteiger partial charge >= 0.3 is 5.97 Å². The van der Waals surface area contributed by atoms with Crippen molar-refractivity contribution < 1.29 is 18.7 Å². The van der Waals surface area contributed by atoms with E-state index in [9.17, 15) is 13.6 Å². The van der Waals surface area contributed by atoms with Crippen molar-refractivity contribution in [2.45, 2.75) is 20.3 Å². The van der Waals surface area contributed by atoms with Gasteiger partial charge in [0.05, 0.1) is 5.92 Å². The highest BCUT2D eigenvalue weighted by Crippen LogP contribution is 2.12. The lowest BCUT2D eigenvalue weighted by Crippen LogP contribution is -2.29. The van der Waals surface area contributed by atoms with E-state index in [2.05, 4.69) is 5.32 Å². The largest absolute Gasteiger partial charge is 0.481 e. The first-order valence-corrected chi connectivity index (χ1v) is 6.95. The first-order chi connectivity index (χ1) is 9.90. The van der Waals surface area contributed by atoms with Crippen LogP contribution in [0.5, 0.6) is 0 Å². The van der Waals surface area contributed by atoms with Crippen LogP contribution in [0.1, 0.15) is 25.8 Å². The number of hydrogen-bond acceptors (Lipinski definition) is 2. The van der Waals surface area contributed by atoms with E-state index in [1.807, 2.05) is 13.8 Å². The summed E-state index contributed by atoms with van der Waals surface area (Å²) in [4.78, 5) is 11.1. The van der Waals surface area contributed by atoms with Crippen LogP contribution < -0.4 is 5.32 Å². The fraction of sp³-hybridized carbons (Fsp3) is 0.438. The fourth-order valence-corrected chi connectivity index (χ4v) is 2.00. The molecule has 0 heterocycles. The molecule has 0 saturated carbocycles. The van der Waals surface area contributed by atoms with Crippen molar-refractivity contribution in [2.24, 2.45) is 11.8 Å². The van der Waals surface area contributed by atoms with E-state index in [1.54, 1.807) is 12.2 Å². The van der Waals surface area contributed by atoms with Gasteiger partial charge in [-0.25, -0.2) is 8.78 Å². The third-order valence-corrected chi connectivity index (χ3v) is 3.02. The number of aliphatic carboxylic acids is 1. The molecule has 1 atom stereocenters. The summed E-state index contributed by atoms with van der Waals surface area (Å²) in [7, 11) is 0. The Labute approximate surface area is 123 Å². The average Bonchev–Trinajstić information content (AvgIpc) is 2.38. The van der Waals surface area contributed by atoms with E-state index in [-0.39, 0.29) is 0 Å². The highest BCUT2D eigenvalue weighted by atomic mass is 19.1. The topological polar surface area (TPSA) is 49.3 Å². The van der Waals surface area contributed by atoms with Gasteiger partial charge in [0.2, 0.25) is 0 Å². The molecular formula is C16H21F2NO2. The normalized spacial score (nSPS) is 13.0. The zero-order chi connectivity index (χ0) is 15.8. The molecule has 0 aromatic heterocycles. The molecule has 0 saturated heterocycles. The van der Waals surface area contributed by atoms with Gasteiger partial charge in [0.1, 0.15) is 11.6 Å². The van der Waals surface area contributed by atoms with Crippen molar-refractivity contribution in [3.05, 3.63) is 41.5 Å². The van der Waals surface area contributed by atoms with Gasteiger partial charge in [0.25, 0.3) is 0 Å². The lowest BCUT2D eigenvalue weighted by atomic mass is 9.97. The quantitative estimate of drug-likeness (QED) is 0.724. The summed E-state index contributed by atoms with van der Waals surface area (Å²) in [6.45, 7) is 4.75. The van der Waals surface area contributed by atoms with Gasteiger partial charge in [-0.1, -0.05) is 26.0 Å². The van der Waals surface area contributed by atoms with E-state index in [1.165, 1.54) is 12.1 Å². The van der Waals surface area contributed by atoms with Crippen molar-refractivity contribution in [2.75, 3.05) is 13.1 Å². The standard InChI is InChI=1S/C16H21F2NO2/c1-11(2)8-13(16(20)21)10-19-7-3-4-12-5-6-14(17)9-15(12)18/h3-6,9,11,13,19H,7-8,10H2,1-2H3,(H,20,21)/b4-3+. The van der Waals surface area contributed by atoms with E-state index in [0.29, 0.717) is 31.0 Å². The maximum absolute atomic E-state index is 13.3. The third kappa shape index (κ3) is 6.49. The summed E-state index contributed by atoms with van der Waals surface area (Å²) in [5, 5.41) is 12.1. The number of rotatable bonds is 8. The molecule has 0 fully saturated rings. The van der Waals surface area contributed by atoms with Crippen LogP contribution in [-0.2, 0) is 4.79 Å². The van der Waals surface area contributed by atoms with Gasteiger partial charge in [-0.2, -0.15) is 0 Å². The number of halogens is 2. The summed E-state index contributed by atoms with van der Waals surface area (Å²) < 4.78 is 26.1. The number of carboxylic acids is 1. The zero-order valence-corrected chi connectivity index (χ0v) is 12.3. The van der Waals surface area contributed by atoms with Crippen LogP contribution in [0, 0.1) is 23.5 Å². The van der Waals surface area contributed by atoms with E-state index >= 15 is 0 Å². The molecule has 0 spiro atoms. The van der Waals surface area contributed by atoms with Crippen LogP contribution in [0.15, 0.2) is 24.3 Å². The molecule has 1 unspecified atom stereocenters. The monoisotopic (exact) mass is 297 g/mol. The summed E-state index contributed by atoms with van der Waals surface area (Å²) in [6.07, 6.45) is 3.84. The van der Waals surface area contributed by atoms with Gasteiger partial charge in [-0.05, 0) is 24.5 Å². The predicted octanol–water partition coefficient (Wildman–Crippen LogP) is 3.31. The maximum atomic E-state index is 13.3. The van der Waals surface area contributed by atoms with Crippen LogP contribution in [0.25, 0.3) is 6.08 Å². The molecule has 1 rings (SSSR count). The van der Waals surface area contributed by atoms with Crippen molar-refractivity contribution >= 4 is 12.0 Å². The smallest absolute Gasteiger partial charge is 0.307 e. The molecule has 0 aliphatic rings. The lowest BCUT2D eigenvalue weighted by Gasteiger charge is -2.14.